The van der Waals surface area contributed by atoms with Gasteiger partial charge in [-0.05, 0) is 85.3 Å². The van der Waals surface area contributed by atoms with Crippen LogP contribution in [0.4, 0.5) is 0 Å². The van der Waals surface area contributed by atoms with E-state index in [1.807, 2.05) is 30.3 Å². The number of amidine groups is 2. The van der Waals surface area contributed by atoms with Gasteiger partial charge in [-0.25, -0.2) is 9.98 Å². The fourth-order valence-corrected chi connectivity index (χ4v) is 8.36. The molecule has 0 fully saturated rings. The third-order valence-electron chi connectivity index (χ3n) is 11.1. The molecule has 0 saturated heterocycles. The van der Waals surface area contributed by atoms with Gasteiger partial charge in [0, 0.05) is 27.5 Å². The molecule has 9 aromatic carbocycles. The van der Waals surface area contributed by atoms with E-state index in [0.29, 0.717) is 0 Å². The fourth-order valence-electron chi connectivity index (χ4n) is 8.36. The zero-order valence-corrected chi connectivity index (χ0v) is 30.9. The number of furan rings is 1. The van der Waals surface area contributed by atoms with Crippen LogP contribution in [-0.4, -0.2) is 11.7 Å². The molecular formula is C53H35N3O. The lowest BCUT2D eigenvalue weighted by Crippen LogP contribution is -2.36. The van der Waals surface area contributed by atoms with Gasteiger partial charge in [0.1, 0.15) is 22.8 Å². The van der Waals surface area contributed by atoms with E-state index in [-0.39, 0.29) is 0 Å². The predicted molar refractivity (Wildman–Crippen MR) is 237 cm³/mol. The molecule has 1 unspecified atom stereocenters. The highest BCUT2D eigenvalue weighted by atomic mass is 16.3. The molecule has 1 aliphatic rings. The second-order valence-corrected chi connectivity index (χ2v) is 14.5. The SMILES string of the molecule is c1ccc(C2=NC(c3ccc(-c4ccccc4)c(-c4cccc5ccccc45)c3)N=C(c3ccc(-c4ccc5ccccc5c4)c4oc5ccccc5c34)N2)cc1. The van der Waals surface area contributed by atoms with Gasteiger partial charge in [0.05, 0.1) is 0 Å². The van der Waals surface area contributed by atoms with Crippen LogP contribution in [0.25, 0.3) is 76.9 Å². The summed E-state index contributed by atoms with van der Waals surface area (Å²) in [5.74, 6) is 1.51. The maximum atomic E-state index is 6.75. The van der Waals surface area contributed by atoms with Gasteiger partial charge in [0.15, 0.2) is 6.17 Å². The molecule has 2 heterocycles. The van der Waals surface area contributed by atoms with Crippen molar-refractivity contribution in [1.29, 1.82) is 0 Å². The smallest absolute Gasteiger partial charge is 0.169 e. The highest BCUT2D eigenvalue weighted by Gasteiger charge is 2.26. The van der Waals surface area contributed by atoms with Crippen molar-refractivity contribution >= 4 is 55.2 Å². The molecule has 57 heavy (non-hydrogen) atoms. The molecule has 11 rings (SSSR count). The second kappa shape index (κ2) is 13.6. The van der Waals surface area contributed by atoms with E-state index in [1.54, 1.807) is 0 Å². The number of aliphatic imine (C=N–C) groups is 2. The van der Waals surface area contributed by atoms with Gasteiger partial charge in [-0.1, -0.05) is 170 Å². The van der Waals surface area contributed by atoms with Crippen LogP contribution in [0.15, 0.2) is 215 Å². The summed E-state index contributed by atoms with van der Waals surface area (Å²) in [6.45, 7) is 0. The molecule has 1 aromatic heterocycles. The van der Waals surface area contributed by atoms with Crippen molar-refractivity contribution in [2.75, 3.05) is 0 Å². The summed E-state index contributed by atoms with van der Waals surface area (Å²) in [7, 11) is 0. The first kappa shape index (κ1) is 32.8. The topological polar surface area (TPSA) is 49.9 Å². The molecule has 0 bridgehead atoms. The number of rotatable bonds is 6. The zero-order valence-electron chi connectivity index (χ0n) is 30.9. The van der Waals surface area contributed by atoms with Gasteiger partial charge in [-0.15, -0.1) is 0 Å². The van der Waals surface area contributed by atoms with Crippen LogP contribution in [0.2, 0.25) is 0 Å². The van der Waals surface area contributed by atoms with Crippen molar-refractivity contribution in [3.8, 4) is 33.4 Å². The molecule has 4 nitrogen and oxygen atoms in total. The summed E-state index contributed by atoms with van der Waals surface area (Å²) in [6.07, 6.45) is -0.511. The quantitative estimate of drug-likeness (QED) is 0.185. The van der Waals surface area contributed by atoms with Crippen LogP contribution >= 0.6 is 0 Å². The summed E-state index contributed by atoms with van der Waals surface area (Å²) >= 11 is 0. The summed E-state index contributed by atoms with van der Waals surface area (Å²) in [6, 6.07) is 70.5. The summed E-state index contributed by atoms with van der Waals surface area (Å²) in [5, 5.41) is 10.5. The number of hydrogen-bond donors (Lipinski definition) is 1. The standard InChI is InChI=1S/C53H35N3O/c1-3-15-35(16-4-1)42-29-28-40(33-47(42)44-24-13-21-36-17-9-10-22-41(36)44)52-54-51(37-18-5-2-6-19-37)55-53(56-52)46-31-30-43(39-27-26-34-14-7-8-20-38(34)32-39)50-49(46)45-23-11-12-25-48(45)57-50/h1-33,52H,(H,54,55,56). The minimum Gasteiger partial charge on any atom is -0.455 e. The van der Waals surface area contributed by atoms with Crippen molar-refractivity contribution in [2.24, 2.45) is 9.98 Å². The van der Waals surface area contributed by atoms with Crippen molar-refractivity contribution < 1.29 is 4.42 Å². The van der Waals surface area contributed by atoms with E-state index >= 15 is 0 Å². The first-order valence-corrected chi connectivity index (χ1v) is 19.3. The molecule has 0 aliphatic carbocycles. The third-order valence-corrected chi connectivity index (χ3v) is 11.1. The largest absolute Gasteiger partial charge is 0.455 e. The van der Waals surface area contributed by atoms with E-state index in [9.17, 15) is 0 Å². The molecule has 1 aliphatic heterocycles. The number of fused-ring (bicyclic) bond motifs is 5. The molecule has 4 heteroatoms. The lowest BCUT2D eigenvalue weighted by molar-refractivity contribution is 0.670. The Morgan fingerprint density at radius 1 is 0.386 bits per heavy atom. The molecular weight excluding hydrogens is 695 g/mol. The fraction of sp³-hybridized carbons (Fsp3) is 0.0189. The van der Waals surface area contributed by atoms with Crippen LogP contribution in [0, 0.1) is 0 Å². The first-order valence-electron chi connectivity index (χ1n) is 19.3. The van der Waals surface area contributed by atoms with Gasteiger partial charge in [-0.2, -0.15) is 0 Å². The summed E-state index contributed by atoms with van der Waals surface area (Å²) < 4.78 is 6.75. The zero-order chi connectivity index (χ0) is 37.7. The first-order chi connectivity index (χ1) is 28.2. The summed E-state index contributed by atoms with van der Waals surface area (Å²) in [4.78, 5) is 10.8. The van der Waals surface area contributed by atoms with Crippen molar-refractivity contribution in [2.45, 2.75) is 6.17 Å². The van der Waals surface area contributed by atoms with E-state index < -0.39 is 6.17 Å². The van der Waals surface area contributed by atoms with E-state index in [0.717, 1.165) is 78.1 Å². The van der Waals surface area contributed by atoms with Gasteiger partial charge >= 0.3 is 0 Å². The molecule has 1 atom stereocenters. The number of nitrogens with one attached hydrogen (secondary N) is 1. The molecule has 268 valence electrons. The highest BCUT2D eigenvalue weighted by molar-refractivity contribution is 6.25. The molecule has 10 aromatic rings. The van der Waals surface area contributed by atoms with Crippen LogP contribution in [0.1, 0.15) is 22.9 Å². The Morgan fingerprint density at radius 3 is 1.88 bits per heavy atom. The minimum absolute atomic E-state index is 0.511. The molecule has 1 N–H and O–H groups in total. The van der Waals surface area contributed by atoms with Crippen molar-refractivity contribution in [3.05, 3.63) is 217 Å². The van der Waals surface area contributed by atoms with E-state index in [2.05, 4.69) is 175 Å². The predicted octanol–water partition coefficient (Wildman–Crippen LogP) is 13.4. The number of para-hydroxylation sites is 1. The van der Waals surface area contributed by atoms with Gasteiger partial charge in [0.25, 0.3) is 0 Å². The van der Waals surface area contributed by atoms with Gasteiger partial charge in [0.2, 0.25) is 0 Å². The monoisotopic (exact) mass is 729 g/mol. The average Bonchev–Trinajstić information content (AvgIpc) is 3.68. The summed E-state index contributed by atoms with van der Waals surface area (Å²) in [5.41, 5.74) is 11.4. The number of benzene rings is 9. The highest BCUT2D eigenvalue weighted by Crippen LogP contribution is 2.42. The van der Waals surface area contributed by atoms with Crippen LogP contribution in [-0.2, 0) is 0 Å². The molecule has 0 spiro atoms. The van der Waals surface area contributed by atoms with E-state index in [4.69, 9.17) is 14.4 Å². The second-order valence-electron chi connectivity index (χ2n) is 14.5. The Morgan fingerprint density at radius 2 is 1.04 bits per heavy atom. The van der Waals surface area contributed by atoms with Crippen LogP contribution in [0.5, 0.6) is 0 Å². The Bertz CT molecular complexity index is 3210. The molecule has 0 saturated carbocycles. The van der Waals surface area contributed by atoms with Crippen LogP contribution < -0.4 is 5.32 Å². The van der Waals surface area contributed by atoms with Crippen molar-refractivity contribution in [1.82, 2.24) is 5.32 Å². The third kappa shape index (κ3) is 5.78. The molecule has 0 radical (unpaired) electrons. The Labute approximate surface area is 330 Å². The maximum absolute atomic E-state index is 6.75. The average molecular weight is 730 g/mol. The van der Waals surface area contributed by atoms with Crippen LogP contribution in [0.3, 0.4) is 0 Å². The number of hydrogen-bond acceptors (Lipinski definition) is 4. The Kier molecular flexibility index (Phi) is 7.85. The maximum Gasteiger partial charge on any atom is 0.169 e. The lowest BCUT2D eigenvalue weighted by atomic mass is 9.89. The normalized spacial score (nSPS) is 14.1. The van der Waals surface area contributed by atoms with Gasteiger partial charge < -0.3 is 9.73 Å². The van der Waals surface area contributed by atoms with Crippen molar-refractivity contribution in [3.63, 3.8) is 0 Å². The number of nitrogens with zero attached hydrogens (tertiary/aromatic N) is 2. The minimum atomic E-state index is -0.511. The molecule has 0 amide bonds. The lowest BCUT2D eigenvalue weighted by Gasteiger charge is -2.24. The Balaban J connectivity index is 1.12. The van der Waals surface area contributed by atoms with E-state index in [1.165, 1.54) is 27.1 Å². The van der Waals surface area contributed by atoms with Gasteiger partial charge in [-0.3, -0.25) is 0 Å². The Hall–Kier alpha value is -7.56.